The zero-order valence-electron chi connectivity index (χ0n) is 6.35. The molecule has 0 spiro atoms. The van der Waals surface area contributed by atoms with E-state index in [9.17, 15) is 0 Å². The predicted octanol–water partition coefficient (Wildman–Crippen LogP) is 2.27. The summed E-state index contributed by atoms with van der Waals surface area (Å²) >= 11 is 0. The molecule has 1 rings (SSSR count). The van der Waals surface area contributed by atoms with Gasteiger partial charge in [-0.2, -0.15) is 0 Å². The van der Waals surface area contributed by atoms with E-state index in [1.807, 2.05) is 13.1 Å². The van der Waals surface area contributed by atoms with Crippen LogP contribution >= 0.6 is 0 Å². The first kappa shape index (κ1) is 6.79. The molecular weight excluding hydrogens is 110 g/mol. The summed E-state index contributed by atoms with van der Waals surface area (Å²) in [6.07, 6.45) is 6.03. The number of nitrogens with zero attached hydrogens (tertiary/aromatic N) is 1. The smallest absolute Gasteiger partial charge is 0.0390 e. The van der Waals surface area contributed by atoms with Gasteiger partial charge in [0.1, 0.15) is 0 Å². The molecule has 0 aromatic rings. The van der Waals surface area contributed by atoms with Crippen molar-refractivity contribution in [2.75, 3.05) is 6.54 Å². The molecular formula is C8H15N. The lowest BCUT2D eigenvalue weighted by Gasteiger charge is -2.02. The molecule has 52 valence electrons. The van der Waals surface area contributed by atoms with Crippen LogP contribution in [0.25, 0.3) is 0 Å². The van der Waals surface area contributed by atoms with E-state index in [0.29, 0.717) is 5.41 Å². The molecule has 1 aliphatic rings. The SMILES string of the molecule is CC=NCCC1(C)CC1. The van der Waals surface area contributed by atoms with Crippen molar-refractivity contribution in [1.29, 1.82) is 0 Å². The fourth-order valence-electron chi connectivity index (χ4n) is 0.927. The van der Waals surface area contributed by atoms with Crippen molar-refractivity contribution in [1.82, 2.24) is 0 Å². The average Bonchev–Trinajstić information content (AvgIpc) is 2.50. The van der Waals surface area contributed by atoms with Crippen LogP contribution in [-0.4, -0.2) is 12.8 Å². The van der Waals surface area contributed by atoms with Crippen molar-refractivity contribution in [2.45, 2.75) is 33.1 Å². The van der Waals surface area contributed by atoms with Gasteiger partial charge in [0.05, 0.1) is 0 Å². The number of rotatable bonds is 3. The Bertz CT molecular complexity index is 112. The van der Waals surface area contributed by atoms with E-state index in [1.165, 1.54) is 19.3 Å². The van der Waals surface area contributed by atoms with Gasteiger partial charge in [0.25, 0.3) is 0 Å². The molecule has 0 saturated heterocycles. The molecule has 0 radical (unpaired) electrons. The molecule has 0 N–H and O–H groups in total. The Labute approximate surface area is 57.2 Å². The van der Waals surface area contributed by atoms with Gasteiger partial charge in [-0.1, -0.05) is 6.92 Å². The summed E-state index contributed by atoms with van der Waals surface area (Å²) in [5.41, 5.74) is 0.687. The van der Waals surface area contributed by atoms with Crippen molar-refractivity contribution in [3.8, 4) is 0 Å². The van der Waals surface area contributed by atoms with Gasteiger partial charge >= 0.3 is 0 Å². The summed E-state index contributed by atoms with van der Waals surface area (Å²) in [4.78, 5) is 4.17. The predicted molar refractivity (Wildman–Crippen MR) is 41.0 cm³/mol. The van der Waals surface area contributed by atoms with Gasteiger partial charge in [0, 0.05) is 6.54 Å². The highest BCUT2D eigenvalue weighted by Crippen LogP contribution is 2.47. The van der Waals surface area contributed by atoms with Crippen LogP contribution in [0.5, 0.6) is 0 Å². The summed E-state index contributed by atoms with van der Waals surface area (Å²) in [6.45, 7) is 5.36. The van der Waals surface area contributed by atoms with Gasteiger partial charge in [0.2, 0.25) is 0 Å². The second-order valence-corrected chi connectivity index (χ2v) is 3.23. The molecule has 0 heterocycles. The fraction of sp³-hybridized carbons (Fsp3) is 0.875. The number of aliphatic imine (C=N–C) groups is 1. The molecule has 1 aliphatic carbocycles. The molecule has 1 fully saturated rings. The minimum atomic E-state index is 0.687. The molecule has 9 heavy (non-hydrogen) atoms. The molecule has 0 atom stereocenters. The fourth-order valence-corrected chi connectivity index (χ4v) is 0.927. The standard InChI is InChI=1S/C8H15N/c1-3-9-7-6-8(2)4-5-8/h3H,4-7H2,1-2H3. The summed E-state index contributed by atoms with van der Waals surface area (Å²) in [7, 11) is 0. The lowest BCUT2D eigenvalue weighted by atomic mass is 10.1. The highest BCUT2D eigenvalue weighted by molar-refractivity contribution is 5.53. The first-order valence-electron chi connectivity index (χ1n) is 3.71. The Morgan fingerprint density at radius 1 is 1.56 bits per heavy atom. The first-order chi connectivity index (χ1) is 4.27. The normalized spacial score (nSPS) is 22.9. The third kappa shape index (κ3) is 2.17. The van der Waals surface area contributed by atoms with E-state index in [2.05, 4.69) is 11.9 Å². The highest BCUT2D eigenvalue weighted by Gasteiger charge is 2.35. The van der Waals surface area contributed by atoms with E-state index < -0.39 is 0 Å². The maximum atomic E-state index is 4.17. The molecule has 0 unspecified atom stereocenters. The van der Waals surface area contributed by atoms with Crippen LogP contribution in [0.3, 0.4) is 0 Å². The largest absolute Gasteiger partial charge is 0.298 e. The van der Waals surface area contributed by atoms with Crippen molar-refractivity contribution in [3.63, 3.8) is 0 Å². The Kier molecular flexibility index (Phi) is 1.89. The van der Waals surface area contributed by atoms with Crippen LogP contribution in [0.2, 0.25) is 0 Å². The lowest BCUT2D eigenvalue weighted by Crippen LogP contribution is -1.94. The van der Waals surface area contributed by atoms with E-state index >= 15 is 0 Å². The van der Waals surface area contributed by atoms with Crippen LogP contribution in [0.1, 0.15) is 33.1 Å². The van der Waals surface area contributed by atoms with E-state index in [1.54, 1.807) is 0 Å². The van der Waals surface area contributed by atoms with Gasteiger partial charge in [-0.15, -0.1) is 0 Å². The molecule has 0 amide bonds. The number of hydrogen-bond donors (Lipinski definition) is 0. The van der Waals surface area contributed by atoms with E-state index in [0.717, 1.165) is 6.54 Å². The van der Waals surface area contributed by atoms with Gasteiger partial charge in [-0.3, -0.25) is 4.99 Å². The highest BCUT2D eigenvalue weighted by atomic mass is 14.7. The Morgan fingerprint density at radius 3 is 2.67 bits per heavy atom. The molecule has 1 heteroatoms. The quantitative estimate of drug-likeness (QED) is 0.513. The van der Waals surface area contributed by atoms with E-state index in [-0.39, 0.29) is 0 Å². The first-order valence-corrected chi connectivity index (χ1v) is 3.71. The van der Waals surface area contributed by atoms with Crippen molar-refractivity contribution < 1.29 is 0 Å². The van der Waals surface area contributed by atoms with Crippen molar-refractivity contribution in [3.05, 3.63) is 0 Å². The van der Waals surface area contributed by atoms with Crippen LogP contribution in [0, 0.1) is 5.41 Å². The second kappa shape index (κ2) is 2.51. The molecule has 1 saturated carbocycles. The van der Waals surface area contributed by atoms with Crippen molar-refractivity contribution in [2.24, 2.45) is 10.4 Å². The van der Waals surface area contributed by atoms with Crippen molar-refractivity contribution >= 4 is 6.21 Å². The summed E-state index contributed by atoms with van der Waals surface area (Å²) in [5.74, 6) is 0. The minimum Gasteiger partial charge on any atom is -0.298 e. The maximum Gasteiger partial charge on any atom is 0.0390 e. The average molecular weight is 125 g/mol. The monoisotopic (exact) mass is 125 g/mol. The Hall–Kier alpha value is -0.330. The number of hydrogen-bond acceptors (Lipinski definition) is 1. The second-order valence-electron chi connectivity index (χ2n) is 3.23. The van der Waals surface area contributed by atoms with Gasteiger partial charge < -0.3 is 0 Å². The van der Waals surface area contributed by atoms with Crippen LogP contribution < -0.4 is 0 Å². The molecule has 1 nitrogen and oxygen atoms in total. The zero-order valence-corrected chi connectivity index (χ0v) is 6.35. The van der Waals surface area contributed by atoms with Gasteiger partial charge in [0.15, 0.2) is 0 Å². The topological polar surface area (TPSA) is 12.4 Å². The third-order valence-electron chi connectivity index (χ3n) is 2.13. The zero-order chi connectivity index (χ0) is 6.74. The van der Waals surface area contributed by atoms with Crippen LogP contribution in [-0.2, 0) is 0 Å². The Balaban J connectivity index is 2.05. The molecule has 0 aliphatic heterocycles. The minimum absolute atomic E-state index is 0.687. The maximum absolute atomic E-state index is 4.17. The molecule has 0 aromatic heterocycles. The molecule has 0 aromatic carbocycles. The third-order valence-corrected chi connectivity index (χ3v) is 2.13. The van der Waals surface area contributed by atoms with E-state index in [4.69, 9.17) is 0 Å². The Morgan fingerprint density at radius 2 is 2.22 bits per heavy atom. The lowest BCUT2D eigenvalue weighted by molar-refractivity contribution is 0.528. The molecule has 0 bridgehead atoms. The van der Waals surface area contributed by atoms with Gasteiger partial charge in [-0.05, 0) is 37.8 Å². The van der Waals surface area contributed by atoms with Crippen LogP contribution in [0.4, 0.5) is 0 Å². The van der Waals surface area contributed by atoms with Gasteiger partial charge in [-0.25, -0.2) is 0 Å². The summed E-state index contributed by atoms with van der Waals surface area (Å²) in [5, 5.41) is 0. The summed E-state index contributed by atoms with van der Waals surface area (Å²) in [6, 6.07) is 0. The van der Waals surface area contributed by atoms with Crippen LogP contribution in [0.15, 0.2) is 4.99 Å². The summed E-state index contributed by atoms with van der Waals surface area (Å²) < 4.78 is 0.